The van der Waals surface area contributed by atoms with Crippen molar-refractivity contribution in [3.63, 3.8) is 0 Å². The zero-order chi connectivity index (χ0) is 20.0. The van der Waals surface area contributed by atoms with Crippen LogP contribution in [-0.4, -0.2) is 29.0 Å². The molecule has 0 amide bonds. The normalized spacial score (nSPS) is 17.6. The maximum atomic E-state index is 12.8. The zero-order valence-corrected chi connectivity index (χ0v) is 16.0. The summed E-state index contributed by atoms with van der Waals surface area (Å²) in [6.07, 6.45) is -2.84. The van der Waals surface area contributed by atoms with Crippen molar-refractivity contribution in [3.05, 3.63) is 53.1 Å². The molecule has 0 radical (unpaired) electrons. The number of sulfonamides is 1. The van der Waals surface area contributed by atoms with E-state index in [1.54, 1.807) is 16.8 Å². The van der Waals surface area contributed by atoms with Crippen molar-refractivity contribution in [3.8, 4) is 11.3 Å². The molecule has 5 nitrogen and oxygen atoms in total. The molecule has 2 heterocycles. The summed E-state index contributed by atoms with van der Waals surface area (Å²) in [6, 6.07) is 6.59. The molecular weight excluding hydrogens is 379 g/mol. The van der Waals surface area contributed by atoms with Crippen LogP contribution in [0.1, 0.15) is 32.0 Å². The molecule has 0 bridgehead atoms. The van der Waals surface area contributed by atoms with E-state index in [1.807, 2.05) is 20.8 Å². The van der Waals surface area contributed by atoms with Crippen molar-refractivity contribution >= 4 is 10.0 Å². The quantitative estimate of drug-likeness (QED) is 0.784. The Kier molecular flexibility index (Phi) is 4.72. The fourth-order valence-electron chi connectivity index (χ4n) is 2.86. The van der Waals surface area contributed by atoms with E-state index < -0.39 is 27.3 Å². The summed E-state index contributed by atoms with van der Waals surface area (Å²) in [6.45, 7) is 6.15. The van der Waals surface area contributed by atoms with Gasteiger partial charge in [0, 0.05) is 12.0 Å². The number of hydrogen-bond donors (Lipinski definition) is 0. The van der Waals surface area contributed by atoms with Gasteiger partial charge in [-0.05, 0) is 44.5 Å². The van der Waals surface area contributed by atoms with Crippen molar-refractivity contribution < 1.29 is 21.6 Å². The van der Waals surface area contributed by atoms with Crippen LogP contribution >= 0.6 is 0 Å². The van der Waals surface area contributed by atoms with Gasteiger partial charge in [0.1, 0.15) is 0 Å². The third kappa shape index (κ3) is 4.08. The van der Waals surface area contributed by atoms with Gasteiger partial charge in [0.2, 0.25) is 10.0 Å². The lowest BCUT2D eigenvalue weighted by Crippen LogP contribution is -2.26. The molecule has 1 aliphatic heterocycles. The first kappa shape index (κ1) is 19.6. The first-order valence-corrected chi connectivity index (χ1v) is 9.82. The third-order valence-corrected chi connectivity index (χ3v) is 5.71. The highest BCUT2D eigenvalue weighted by molar-refractivity contribution is 7.92. The van der Waals surface area contributed by atoms with Crippen LogP contribution < -0.4 is 0 Å². The molecule has 0 saturated carbocycles. The second kappa shape index (κ2) is 6.49. The molecule has 0 atom stereocenters. The lowest BCUT2D eigenvalue weighted by Gasteiger charge is -2.22. The maximum Gasteiger partial charge on any atom is 0.416 e. The molecule has 9 heteroatoms. The largest absolute Gasteiger partial charge is 0.416 e. The number of nitrogens with zero attached hydrogens (tertiary/aromatic N) is 3. The van der Waals surface area contributed by atoms with E-state index in [1.165, 1.54) is 16.4 Å². The van der Waals surface area contributed by atoms with E-state index in [0.29, 0.717) is 17.0 Å². The Morgan fingerprint density at radius 2 is 1.74 bits per heavy atom. The highest BCUT2D eigenvalue weighted by Gasteiger charge is 2.31. The van der Waals surface area contributed by atoms with Crippen molar-refractivity contribution in [1.82, 2.24) is 14.1 Å². The Morgan fingerprint density at radius 1 is 1.11 bits per heavy atom. The first-order chi connectivity index (χ1) is 12.4. The van der Waals surface area contributed by atoms with Gasteiger partial charge in [0.05, 0.1) is 29.0 Å². The van der Waals surface area contributed by atoms with E-state index in [-0.39, 0.29) is 13.1 Å². The maximum absolute atomic E-state index is 12.8. The summed E-state index contributed by atoms with van der Waals surface area (Å²) >= 11 is 0. The highest BCUT2D eigenvalue weighted by atomic mass is 32.2. The van der Waals surface area contributed by atoms with Crippen molar-refractivity contribution in [2.45, 2.75) is 39.0 Å². The highest BCUT2D eigenvalue weighted by Crippen LogP contribution is 2.32. The van der Waals surface area contributed by atoms with Crippen LogP contribution in [0.4, 0.5) is 13.2 Å². The standard InChI is InChI=1S/C18H20F3N3O2S/c1-17(2,3)24-16(13-5-7-14(8-6-13)18(19,20)21)11-15(22-24)12-23-9-4-10-27(23,25)26/h4-8,10-11H,9,12H2,1-3H3. The van der Waals surface area contributed by atoms with Crippen LogP contribution in [0.25, 0.3) is 11.3 Å². The number of aromatic nitrogens is 2. The molecule has 1 aliphatic rings. The third-order valence-electron chi connectivity index (χ3n) is 4.18. The molecule has 1 aromatic heterocycles. The Balaban J connectivity index is 1.98. The second-order valence-corrected chi connectivity index (χ2v) is 9.21. The molecule has 0 aliphatic carbocycles. The number of rotatable bonds is 3. The van der Waals surface area contributed by atoms with Gasteiger partial charge < -0.3 is 0 Å². The molecule has 0 unspecified atom stereocenters. The molecular formula is C18H20F3N3O2S. The molecule has 3 rings (SSSR count). The molecule has 0 spiro atoms. The smallest absolute Gasteiger partial charge is 0.259 e. The van der Waals surface area contributed by atoms with Gasteiger partial charge in [-0.25, -0.2) is 8.42 Å². The van der Waals surface area contributed by atoms with Crippen molar-refractivity contribution in [2.75, 3.05) is 6.54 Å². The van der Waals surface area contributed by atoms with E-state index >= 15 is 0 Å². The van der Waals surface area contributed by atoms with Gasteiger partial charge in [0.25, 0.3) is 0 Å². The first-order valence-electron chi connectivity index (χ1n) is 8.32. The summed E-state index contributed by atoms with van der Waals surface area (Å²) in [5.74, 6) is 0. The predicted molar refractivity (Wildman–Crippen MR) is 96.1 cm³/mol. The van der Waals surface area contributed by atoms with E-state index in [9.17, 15) is 21.6 Å². The number of alkyl halides is 3. The topological polar surface area (TPSA) is 55.2 Å². The molecule has 0 saturated heterocycles. The number of hydrogen-bond acceptors (Lipinski definition) is 3. The Hall–Kier alpha value is -2.13. The fourth-order valence-corrected chi connectivity index (χ4v) is 3.97. The lowest BCUT2D eigenvalue weighted by molar-refractivity contribution is -0.137. The van der Waals surface area contributed by atoms with Crippen LogP contribution in [0.15, 0.2) is 41.8 Å². The van der Waals surface area contributed by atoms with Crippen molar-refractivity contribution in [1.29, 1.82) is 0 Å². The second-order valence-electron chi connectivity index (χ2n) is 7.39. The summed E-state index contributed by atoms with van der Waals surface area (Å²) in [5, 5.41) is 5.68. The van der Waals surface area contributed by atoms with Gasteiger partial charge >= 0.3 is 6.18 Å². The minimum Gasteiger partial charge on any atom is -0.259 e. The molecule has 1 aromatic carbocycles. The van der Waals surface area contributed by atoms with Gasteiger partial charge in [-0.15, -0.1) is 0 Å². The van der Waals surface area contributed by atoms with Crippen LogP contribution in [0.5, 0.6) is 0 Å². The monoisotopic (exact) mass is 399 g/mol. The lowest BCUT2D eigenvalue weighted by atomic mass is 10.1. The minimum absolute atomic E-state index is 0.103. The van der Waals surface area contributed by atoms with Crippen LogP contribution in [-0.2, 0) is 28.3 Å². The summed E-state index contributed by atoms with van der Waals surface area (Å²) in [7, 11) is -3.43. The zero-order valence-electron chi connectivity index (χ0n) is 15.2. The van der Waals surface area contributed by atoms with E-state index in [0.717, 1.165) is 17.5 Å². The van der Waals surface area contributed by atoms with Crippen LogP contribution in [0.2, 0.25) is 0 Å². The molecule has 2 aromatic rings. The fraction of sp³-hybridized carbons (Fsp3) is 0.389. The van der Waals surface area contributed by atoms with E-state index in [2.05, 4.69) is 5.10 Å². The van der Waals surface area contributed by atoms with Crippen LogP contribution in [0.3, 0.4) is 0 Å². The van der Waals surface area contributed by atoms with Gasteiger partial charge in [-0.1, -0.05) is 18.2 Å². The molecule has 27 heavy (non-hydrogen) atoms. The Labute approximate surface area is 156 Å². The molecule has 0 N–H and O–H groups in total. The number of benzene rings is 1. The molecule has 0 fully saturated rings. The summed E-state index contributed by atoms with van der Waals surface area (Å²) < 4.78 is 65.3. The summed E-state index contributed by atoms with van der Waals surface area (Å²) in [5.41, 5.74) is 0.600. The van der Waals surface area contributed by atoms with Gasteiger partial charge in [0.15, 0.2) is 0 Å². The average Bonchev–Trinajstić information content (AvgIpc) is 3.11. The van der Waals surface area contributed by atoms with Gasteiger partial charge in [-0.2, -0.15) is 22.6 Å². The minimum atomic E-state index is -4.40. The van der Waals surface area contributed by atoms with Crippen molar-refractivity contribution in [2.24, 2.45) is 0 Å². The van der Waals surface area contributed by atoms with E-state index in [4.69, 9.17) is 0 Å². The predicted octanol–water partition coefficient (Wildman–Crippen LogP) is 3.98. The van der Waals surface area contributed by atoms with Gasteiger partial charge in [-0.3, -0.25) is 4.68 Å². The Morgan fingerprint density at radius 3 is 2.22 bits per heavy atom. The average molecular weight is 399 g/mol. The number of halogens is 3. The molecule has 146 valence electrons. The summed E-state index contributed by atoms with van der Waals surface area (Å²) in [4.78, 5) is 0. The Bertz CT molecular complexity index is 969. The van der Waals surface area contributed by atoms with Crippen LogP contribution in [0, 0.1) is 0 Å². The SMILES string of the molecule is CC(C)(C)n1nc(CN2CC=CS2(=O)=O)cc1-c1ccc(C(F)(F)F)cc1.